The van der Waals surface area contributed by atoms with E-state index in [9.17, 15) is 22.8 Å². The van der Waals surface area contributed by atoms with Crippen molar-refractivity contribution in [3.8, 4) is 12.3 Å². The zero-order chi connectivity index (χ0) is 17.2. The molecule has 4 N–H and O–H groups in total. The van der Waals surface area contributed by atoms with Gasteiger partial charge in [0.1, 0.15) is 6.54 Å². The fraction of sp³-hybridized carbons (Fsp3) is 0.500. The van der Waals surface area contributed by atoms with Crippen LogP contribution in [0.5, 0.6) is 0 Å². The number of aliphatic carboxylic acids is 1. The lowest BCUT2D eigenvalue weighted by atomic mass is 10.3. The molecular weight excluding hydrogens is 412 g/mol. The minimum Gasteiger partial charge on any atom is -0.475 e. The number of hydrogen-bond donors (Lipinski definition) is 3. The van der Waals surface area contributed by atoms with Crippen LogP contribution in [-0.2, 0) is 19.1 Å². The van der Waals surface area contributed by atoms with E-state index in [1.54, 1.807) is 22.6 Å². The monoisotopic (exact) mass is 424 g/mol. The average molecular weight is 424 g/mol. The van der Waals surface area contributed by atoms with Crippen molar-refractivity contribution >= 4 is 40.4 Å². The highest BCUT2D eigenvalue weighted by atomic mass is 127. The van der Waals surface area contributed by atoms with Crippen molar-refractivity contribution < 1.29 is 37.4 Å². The third-order valence-electron chi connectivity index (χ3n) is 1.43. The molecule has 0 aromatic heterocycles. The number of nitrogens with one attached hydrogen (secondary N) is 1. The molecule has 0 radical (unpaired) electrons. The van der Waals surface area contributed by atoms with Gasteiger partial charge in [0.05, 0.1) is 6.04 Å². The van der Waals surface area contributed by atoms with Crippen LogP contribution in [-0.4, -0.2) is 45.8 Å². The highest BCUT2D eigenvalue weighted by molar-refractivity contribution is 14.1. The lowest BCUT2D eigenvalue weighted by molar-refractivity contribution is -0.192. The Morgan fingerprint density at radius 3 is 2.19 bits per heavy atom. The van der Waals surface area contributed by atoms with Crippen molar-refractivity contribution in [2.24, 2.45) is 5.73 Å². The predicted octanol–water partition coefficient (Wildman–Crippen LogP) is 0.0206. The molecule has 1 amide bonds. The topological polar surface area (TPSA) is 119 Å². The molecule has 0 aliphatic heterocycles. The number of carbonyl (C=O) groups is 3. The number of rotatable bonds is 4. The van der Waals surface area contributed by atoms with E-state index in [2.05, 4.69) is 16.0 Å². The van der Waals surface area contributed by atoms with Gasteiger partial charge in [0, 0.05) is 0 Å². The number of alkyl halides is 4. The quantitative estimate of drug-likeness (QED) is 0.254. The standard InChI is InChI=1S/C8H11IN2O3.C2HF3O2/c1-3-6(9)14-7(12)4-11-8(13)5(2)10;3-2(4,5)1(6)7/h1,5-6H,4,10H2,2H3,(H,11,13);(H,6,7). The van der Waals surface area contributed by atoms with E-state index in [1.807, 2.05) is 0 Å². The summed E-state index contributed by atoms with van der Waals surface area (Å²) in [6.07, 6.45) is -0.101. The zero-order valence-corrected chi connectivity index (χ0v) is 12.8. The number of amides is 1. The molecular formula is C10H12F3IN2O5. The van der Waals surface area contributed by atoms with Gasteiger partial charge in [-0.3, -0.25) is 9.59 Å². The lowest BCUT2D eigenvalue weighted by Gasteiger charge is -2.08. The maximum absolute atomic E-state index is 11.0. The fourth-order valence-electron chi connectivity index (χ4n) is 0.511. The summed E-state index contributed by atoms with van der Waals surface area (Å²) in [6, 6.07) is -0.647. The SMILES string of the molecule is C#CC(I)OC(=O)CNC(=O)C(C)N.O=C(O)C(F)(F)F. The van der Waals surface area contributed by atoms with Crippen LogP contribution < -0.4 is 11.1 Å². The fourth-order valence-corrected chi connectivity index (χ4v) is 0.795. The number of terminal acetylenes is 1. The Morgan fingerprint density at radius 1 is 1.48 bits per heavy atom. The summed E-state index contributed by atoms with van der Waals surface area (Å²) < 4.78 is 35.8. The van der Waals surface area contributed by atoms with Gasteiger partial charge in [-0.15, -0.1) is 6.42 Å². The molecule has 0 fully saturated rings. The second kappa shape index (κ2) is 10.2. The Hall–Kier alpha value is -1.55. The minimum absolute atomic E-state index is 0.221. The third-order valence-corrected chi connectivity index (χ3v) is 2.04. The highest BCUT2D eigenvalue weighted by Gasteiger charge is 2.38. The number of carboxylic acids is 1. The van der Waals surface area contributed by atoms with Gasteiger partial charge in [0.2, 0.25) is 10.0 Å². The van der Waals surface area contributed by atoms with Gasteiger partial charge < -0.3 is 20.9 Å². The van der Waals surface area contributed by atoms with Crippen LogP contribution in [0.3, 0.4) is 0 Å². The summed E-state index contributed by atoms with van der Waals surface area (Å²) in [5.74, 6) is -1.54. The predicted molar refractivity (Wildman–Crippen MR) is 73.1 cm³/mol. The van der Waals surface area contributed by atoms with Gasteiger partial charge in [-0.2, -0.15) is 13.2 Å². The Bertz CT molecular complexity index is 420. The van der Waals surface area contributed by atoms with Gasteiger partial charge in [0.15, 0.2) is 0 Å². The molecule has 0 aromatic carbocycles. The normalized spacial score (nSPS) is 12.8. The van der Waals surface area contributed by atoms with E-state index in [1.165, 1.54) is 6.92 Å². The number of esters is 1. The van der Waals surface area contributed by atoms with Crippen molar-refractivity contribution in [1.82, 2.24) is 5.32 Å². The highest BCUT2D eigenvalue weighted by Crippen LogP contribution is 2.13. The molecule has 7 nitrogen and oxygen atoms in total. The number of carboxylic acid groups (broad SMARTS) is 1. The summed E-state index contributed by atoms with van der Waals surface area (Å²) in [6.45, 7) is 1.30. The second-order valence-electron chi connectivity index (χ2n) is 3.28. The maximum atomic E-state index is 11.0. The molecule has 21 heavy (non-hydrogen) atoms. The Labute approximate surface area is 131 Å². The van der Waals surface area contributed by atoms with Gasteiger partial charge in [-0.25, -0.2) is 4.79 Å². The first-order valence-electron chi connectivity index (χ1n) is 5.04. The molecule has 0 aromatic rings. The summed E-state index contributed by atoms with van der Waals surface area (Å²) in [7, 11) is 0. The second-order valence-corrected chi connectivity index (χ2v) is 4.41. The molecule has 0 rings (SSSR count). The smallest absolute Gasteiger partial charge is 0.475 e. The van der Waals surface area contributed by atoms with Crippen molar-refractivity contribution in [2.75, 3.05) is 6.54 Å². The molecule has 0 heterocycles. The van der Waals surface area contributed by atoms with E-state index in [0.717, 1.165) is 0 Å². The van der Waals surface area contributed by atoms with E-state index in [4.69, 9.17) is 22.1 Å². The molecule has 11 heteroatoms. The number of carbonyl (C=O) groups excluding carboxylic acids is 2. The molecule has 2 atom stereocenters. The first kappa shape index (κ1) is 21.7. The molecule has 120 valence electrons. The van der Waals surface area contributed by atoms with Crippen molar-refractivity contribution in [1.29, 1.82) is 0 Å². The number of nitrogens with two attached hydrogens (primary N) is 1. The van der Waals surface area contributed by atoms with E-state index < -0.39 is 34.2 Å². The van der Waals surface area contributed by atoms with Gasteiger partial charge in [-0.05, 0) is 29.5 Å². The lowest BCUT2D eigenvalue weighted by Crippen LogP contribution is -2.41. The van der Waals surface area contributed by atoms with Crippen LogP contribution in [0.15, 0.2) is 0 Å². The molecule has 0 saturated carbocycles. The largest absolute Gasteiger partial charge is 0.490 e. The third kappa shape index (κ3) is 13.2. The molecule has 0 aliphatic carbocycles. The first-order valence-corrected chi connectivity index (χ1v) is 6.29. The molecule has 0 spiro atoms. The van der Waals surface area contributed by atoms with Crippen LogP contribution in [0.2, 0.25) is 0 Å². The summed E-state index contributed by atoms with van der Waals surface area (Å²) in [5, 5.41) is 9.43. The van der Waals surface area contributed by atoms with Gasteiger partial charge in [-0.1, -0.05) is 5.92 Å². The van der Waals surface area contributed by atoms with Gasteiger partial charge in [0.25, 0.3) is 0 Å². The number of hydrogen-bond acceptors (Lipinski definition) is 5. The first-order chi connectivity index (χ1) is 9.41. The van der Waals surface area contributed by atoms with Crippen molar-refractivity contribution in [2.45, 2.75) is 23.3 Å². The summed E-state index contributed by atoms with van der Waals surface area (Å²) in [4.78, 5) is 30.8. The molecule has 0 aliphatic rings. The molecule has 2 unspecified atom stereocenters. The van der Waals surface area contributed by atoms with Crippen molar-refractivity contribution in [3.05, 3.63) is 0 Å². The number of ether oxygens (including phenoxy) is 1. The van der Waals surface area contributed by atoms with E-state index in [0.29, 0.717) is 0 Å². The van der Waals surface area contributed by atoms with Crippen LogP contribution in [0.25, 0.3) is 0 Å². The van der Waals surface area contributed by atoms with Crippen LogP contribution in [0.4, 0.5) is 13.2 Å². The van der Waals surface area contributed by atoms with Crippen LogP contribution in [0, 0.1) is 12.3 Å². The Balaban J connectivity index is 0. The number of halogens is 4. The van der Waals surface area contributed by atoms with Crippen LogP contribution in [0.1, 0.15) is 6.92 Å². The Morgan fingerprint density at radius 2 is 1.90 bits per heavy atom. The average Bonchev–Trinajstić information content (AvgIpc) is 2.35. The zero-order valence-electron chi connectivity index (χ0n) is 10.6. The van der Waals surface area contributed by atoms with Gasteiger partial charge >= 0.3 is 18.1 Å². The summed E-state index contributed by atoms with van der Waals surface area (Å²) >= 11 is 1.77. The van der Waals surface area contributed by atoms with Crippen LogP contribution >= 0.6 is 22.6 Å². The summed E-state index contributed by atoms with van der Waals surface area (Å²) in [5.41, 5.74) is 5.25. The minimum atomic E-state index is -5.08. The van der Waals surface area contributed by atoms with E-state index in [-0.39, 0.29) is 6.54 Å². The van der Waals surface area contributed by atoms with Crippen molar-refractivity contribution in [3.63, 3.8) is 0 Å². The molecule has 0 saturated heterocycles. The maximum Gasteiger partial charge on any atom is 0.490 e. The molecule has 0 bridgehead atoms. The van der Waals surface area contributed by atoms with E-state index >= 15 is 0 Å². The Kier molecular flexibility index (Phi) is 10.6.